The normalized spacial score (nSPS) is 17.1. The predicted molar refractivity (Wildman–Crippen MR) is 80.8 cm³/mol. The lowest BCUT2D eigenvalue weighted by atomic mass is 10.1. The molecular weight excluding hydrogens is 290 g/mol. The van der Waals surface area contributed by atoms with Gasteiger partial charge in [0.1, 0.15) is 11.3 Å². The van der Waals surface area contributed by atoms with Gasteiger partial charge in [0, 0.05) is 17.3 Å². The first-order chi connectivity index (χ1) is 9.79. The second-order valence-electron chi connectivity index (χ2n) is 4.32. The van der Waals surface area contributed by atoms with Crippen LogP contribution in [0.4, 0.5) is 5.69 Å². The number of thiophene rings is 1. The Morgan fingerprint density at radius 2 is 2.40 bits per heavy atom. The number of nitriles is 1. The average Bonchev–Trinajstić information content (AvgIpc) is 2.96. The van der Waals surface area contributed by atoms with Crippen LogP contribution < -0.4 is 5.32 Å². The molecule has 1 atom stereocenters. The zero-order chi connectivity index (χ0) is 13.9. The van der Waals surface area contributed by atoms with Crippen LogP contribution in [0.1, 0.15) is 21.3 Å². The fourth-order valence-corrected chi connectivity index (χ4v) is 4.45. The van der Waals surface area contributed by atoms with Crippen molar-refractivity contribution in [1.82, 2.24) is 4.98 Å². The lowest BCUT2D eigenvalue weighted by Crippen LogP contribution is -2.22. The summed E-state index contributed by atoms with van der Waals surface area (Å²) in [5, 5.41) is 13.7. The number of thioether (sulfide) groups is 1. The van der Waals surface area contributed by atoms with Gasteiger partial charge in [-0.2, -0.15) is 5.26 Å². The van der Waals surface area contributed by atoms with Crippen molar-refractivity contribution in [2.45, 2.75) is 11.7 Å². The van der Waals surface area contributed by atoms with Crippen molar-refractivity contribution in [3.8, 4) is 6.07 Å². The molecule has 0 saturated heterocycles. The zero-order valence-electron chi connectivity index (χ0n) is 10.5. The molecule has 1 N–H and O–H groups in total. The Kier molecular flexibility index (Phi) is 3.72. The Labute approximate surface area is 124 Å². The predicted octanol–water partition coefficient (Wildman–Crippen LogP) is 2.98. The number of carbonyl (C=O) groups is 1. The monoisotopic (exact) mass is 301 g/mol. The van der Waals surface area contributed by atoms with E-state index in [4.69, 9.17) is 5.26 Å². The average molecular weight is 301 g/mol. The first-order valence-corrected chi connectivity index (χ1v) is 8.05. The fraction of sp³-hybridized carbons (Fsp3) is 0.214. The van der Waals surface area contributed by atoms with Crippen LogP contribution in [0, 0.1) is 11.3 Å². The molecule has 1 aliphatic rings. The van der Waals surface area contributed by atoms with E-state index in [9.17, 15) is 4.79 Å². The van der Waals surface area contributed by atoms with Crippen LogP contribution in [0.2, 0.25) is 0 Å². The van der Waals surface area contributed by atoms with Crippen molar-refractivity contribution in [3.63, 3.8) is 0 Å². The Morgan fingerprint density at radius 3 is 3.25 bits per heavy atom. The first kappa shape index (κ1) is 13.2. The van der Waals surface area contributed by atoms with Gasteiger partial charge in [-0.25, -0.2) is 0 Å². The van der Waals surface area contributed by atoms with Crippen LogP contribution in [0.3, 0.4) is 0 Å². The number of aryl methyl sites for hydroxylation is 1. The molecule has 6 heteroatoms. The lowest BCUT2D eigenvalue weighted by molar-refractivity contribution is -0.115. The van der Waals surface area contributed by atoms with Gasteiger partial charge in [-0.1, -0.05) is 0 Å². The summed E-state index contributed by atoms with van der Waals surface area (Å²) in [5.41, 5.74) is 2.01. The lowest BCUT2D eigenvalue weighted by Gasteiger charge is -2.21. The molecule has 0 saturated carbocycles. The summed E-state index contributed by atoms with van der Waals surface area (Å²) >= 11 is 3.35. The molecule has 0 aliphatic carbocycles. The molecule has 4 nitrogen and oxygen atoms in total. The Bertz CT molecular complexity index is 690. The molecule has 0 radical (unpaired) electrons. The Morgan fingerprint density at radius 1 is 1.50 bits per heavy atom. The smallest absolute Gasteiger partial charge is 0.242 e. The number of rotatable bonds is 2. The van der Waals surface area contributed by atoms with E-state index in [1.165, 1.54) is 11.1 Å². The van der Waals surface area contributed by atoms with Crippen molar-refractivity contribution in [2.75, 3.05) is 11.1 Å². The van der Waals surface area contributed by atoms with E-state index in [1.54, 1.807) is 35.4 Å². The molecule has 1 aliphatic heterocycles. The van der Waals surface area contributed by atoms with Crippen molar-refractivity contribution >= 4 is 34.7 Å². The van der Waals surface area contributed by atoms with Crippen LogP contribution in [0.25, 0.3) is 0 Å². The number of hydrogen-bond donors (Lipinski definition) is 1. The van der Waals surface area contributed by atoms with Crippen LogP contribution in [0.15, 0.2) is 29.9 Å². The van der Waals surface area contributed by atoms with Crippen LogP contribution in [-0.4, -0.2) is 16.6 Å². The van der Waals surface area contributed by atoms with E-state index >= 15 is 0 Å². The molecule has 2 aromatic rings. The fourth-order valence-electron chi connectivity index (χ4n) is 2.15. The second-order valence-corrected chi connectivity index (χ2v) is 6.54. The number of hydrogen-bond acceptors (Lipinski definition) is 5. The van der Waals surface area contributed by atoms with Gasteiger partial charge in [0.05, 0.1) is 11.3 Å². The summed E-state index contributed by atoms with van der Waals surface area (Å²) < 4.78 is 0. The van der Waals surface area contributed by atoms with E-state index in [0.717, 1.165) is 17.7 Å². The van der Waals surface area contributed by atoms with Gasteiger partial charge in [-0.05, 0) is 35.2 Å². The number of amides is 1. The maximum absolute atomic E-state index is 12.4. The number of pyridine rings is 1. The molecule has 3 heterocycles. The third kappa shape index (κ3) is 2.42. The highest BCUT2D eigenvalue weighted by atomic mass is 32.2. The van der Waals surface area contributed by atoms with Crippen molar-refractivity contribution in [2.24, 2.45) is 0 Å². The Balaban J connectivity index is 1.83. The highest BCUT2D eigenvalue weighted by molar-refractivity contribution is 8.00. The summed E-state index contributed by atoms with van der Waals surface area (Å²) in [7, 11) is 0. The number of nitrogens with zero attached hydrogens (tertiary/aromatic N) is 2. The van der Waals surface area contributed by atoms with Gasteiger partial charge in [0.2, 0.25) is 5.91 Å². The SMILES string of the molecule is N#Cc1cnccc1NC(=O)[C@H]1SCCc2sccc21. The maximum Gasteiger partial charge on any atom is 0.242 e. The van der Waals surface area contributed by atoms with Gasteiger partial charge >= 0.3 is 0 Å². The molecule has 1 amide bonds. The first-order valence-electron chi connectivity index (χ1n) is 6.12. The number of carbonyl (C=O) groups excluding carboxylic acids is 1. The Hall–Kier alpha value is -1.84. The molecule has 3 rings (SSSR count). The van der Waals surface area contributed by atoms with E-state index in [1.807, 2.05) is 17.5 Å². The summed E-state index contributed by atoms with van der Waals surface area (Å²) in [4.78, 5) is 17.6. The van der Waals surface area contributed by atoms with Gasteiger partial charge in [-0.3, -0.25) is 9.78 Å². The highest BCUT2D eigenvalue weighted by Crippen LogP contribution is 2.40. The molecule has 0 unspecified atom stereocenters. The topological polar surface area (TPSA) is 65.8 Å². The van der Waals surface area contributed by atoms with E-state index < -0.39 is 0 Å². The second kappa shape index (κ2) is 5.65. The third-order valence-electron chi connectivity index (χ3n) is 3.11. The third-order valence-corrected chi connectivity index (χ3v) is 5.35. The van der Waals surface area contributed by atoms with Crippen LogP contribution in [0.5, 0.6) is 0 Å². The number of fused-ring (bicyclic) bond motifs is 1. The number of anilines is 1. The molecular formula is C14H11N3OS2. The number of aromatic nitrogens is 1. The quantitative estimate of drug-likeness (QED) is 0.926. The van der Waals surface area contributed by atoms with E-state index in [0.29, 0.717) is 11.3 Å². The van der Waals surface area contributed by atoms with Crippen LogP contribution >= 0.6 is 23.1 Å². The van der Waals surface area contributed by atoms with Crippen LogP contribution in [-0.2, 0) is 11.2 Å². The molecule has 0 bridgehead atoms. The van der Waals surface area contributed by atoms with E-state index in [-0.39, 0.29) is 11.2 Å². The standard InChI is InChI=1S/C14H11N3OS2/c15-7-9-8-16-4-1-11(9)17-14(18)13-10-2-5-19-12(10)3-6-20-13/h1-2,4-5,8,13H,3,6H2,(H,16,17,18)/t13-/m0/s1. The van der Waals surface area contributed by atoms with Crippen molar-refractivity contribution in [3.05, 3.63) is 45.9 Å². The molecule has 0 fully saturated rings. The van der Waals surface area contributed by atoms with Gasteiger partial charge in [-0.15, -0.1) is 23.1 Å². The minimum Gasteiger partial charge on any atom is -0.324 e. The van der Waals surface area contributed by atoms with Crippen molar-refractivity contribution < 1.29 is 4.79 Å². The van der Waals surface area contributed by atoms with E-state index in [2.05, 4.69) is 10.3 Å². The van der Waals surface area contributed by atoms with Gasteiger partial charge in [0.15, 0.2) is 0 Å². The minimum atomic E-state index is -0.190. The number of nitrogens with one attached hydrogen (secondary N) is 1. The van der Waals surface area contributed by atoms with Gasteiger partial charge < -0.3 is 5.32 Å². The van der Waals surface area contributed by atoms with Gasteiger partial charge in [0.25, 0.3) is 0 Å². The largest absolute Gasteiger partial charge is 0.324 e. The molecule has 20 heavy (non-hydrogen) atoms. The summed E-state index contributed by atoms with van der Waals surface area (Å²) in [6.07, 6.45) is 4.06. The summed E-state index contributed by atoms with van der Waals surface area (Å²) in [6.45, 7) is 0. The maximum atomic E-state index is 12.4. The summed E-state index contributed by atoms with van der Waals surface area (Å²) in [5.74, 6) is 0.879. The molecule has 0 aromatic carbocycles. The molecule has 0 spiro atoms. The molecule has 100 valence electrons. The highest BCUT2D eigenvalue weighted by Gasteiger charge is 2.28. The minimum absolute atomic E-state index is 0.0722. The summed E-state index contributed by atoms with van der Waals surface area (Å²) in [6, 6.07) is 5.71. The zero-order valence-corrected chi connectivity index (χ0v) is 12.1. The molecule has 2 aromatic heterocycles. The van der Waals surface area contributed by atoms with Crippen molar-refractivity contribution in [1.29, 1.82) is 5.26 Å².